The minimum absolute atomic E-state index is 0.291. The van der Waals surface area contributed by atoms with Crippen LogP contribution in [0.5, 0.6) is 0 Å². The molecule has 1 heterocycles. The summed E-state index contributed by atoms with van der Waals surface area (Å²) >= 11 is 0. The molecule has 0 aliphatic heterocycles. The first-order valence-corrected chi connectivity index (χ1v) is 9.25. The molecule has 0 radical (unpaired) electrons. The Kier molecular flexibility index (Phi) is 5.25. The highest BCUT2D eigenvalue weighted by atomic mass is 16.2. The van der Waals surface area contributed by atoms with Gasteiger partial charge in [-0.1, -0.05) is 36.4 Å². The lowest BCUT2D eigenvalue weighted by molar-refractivity contribution is 0.102. The lowest BCUT2D eigenvalue weighted by Gasteiger charge is -2.10. The van der Waals surface area contributed by atoms with Gasteiger partial charge in [0.1, 0.15) is 0 Å². The van der Waals surface area contributed by atoms with Crippen LogP contribution < -0.4 is 21.5 Å². The van der Waals surface area contributed by atoms with Gasteiger partial charge >= 0.3 is 6.03 Å². The molecule has 7 heteroatoms. The molecule has 4 rings (SSSR count). The number of para-hydroxylation sites is 2. The van der Waals surface area contributed by atoms with E-state index in [1.807, 2.05) is 18.2 Å². The Balaban J connectivity index is 1.44. The van der Waals surface area contributed by atoms with Crippen molar-refractivity contribution < 1.29 is 9.59 Å². The maximum atomic E-state index is 12.7. The van der Waals surface area contributed by atoms with Gasteiger partial charge in [-0.2, -0.15) is 0 Å². The number of rotatable bonds is 4. The number of H-pyrrole nitrogens is 1. The van der Waals surface area contributed by atoms with E-state index < -0.39 is 0 Å². The molecule has 30 heavy (non-hydrogen) atoms. The molecule has 3 aromatic carbocycles. The van der Waals surface area contributed by atoms with Crippen LogP contribution in [0.15, 0.2) is 89.7 Å². The van der Waals surface area contributed by atoms with Crippen molar-refractivity contribution in [1.82, 2.24) is 4.98 Å². The van der Waals surface area contributed by atoms with Crippen LogP contribution in [0.4, 0.5) is 21.9 Å². The molecule has 7 nitrogen and oxygen atoms in total. The van der Waals surface area contributed by atoms with E-state index in [4.69, 9.17) is 0 Å². The van der Waals surface area contributed by atoms with Crippen molar-refractivity contribution in [2.45, 2.75) is 0 Å². The van der Waals surface area contributed by atoms with Gasteiger partial charge in [0.05, 0.1) is 5.56 Å². The number of carbonyl (C=O) groups is 2. The monoisotopic (exact) mass is 398 g/mol. The van der Waals surface area contributed by atoms with Gasteiger partial charge in [-0.3, -0.25) is 9.59 Å². The van der Waals surface area contributed by atoms with Crippen molar-refractivity contribution in [2.75, 3.05) is 16.0 Å². The van der Waals surface area contributed by atoms with E-state index in [0.717, 1.165) is 0 Å². The molecule has 0 spiro atoms. The number of aromatic nitrogens is 1. The van der Waals surface area contributed by atoms with E-state index in [0.29, 0.717) is 33.5 Å². The summed E-state index contributed by atoms with van der Waals surface area (Å²) in [6.45, 7) is 0. The van der Waals surface area contributed by atoms with Crippen LogP contribution in [0.1, 0.15) is 10.4 Å². The summed E-state index contributed by atoms with van der Waals surface area (Å²) in [5.74, 6) is -0.389. The normalized spacial score (nSPS) is 10.4. The number of anilines is 3. The van der Waals surface area contributed by atoms with Crippen LogP contribution in [0.25, 0.3) is 10.9 Å². The fraction of sp³-hybridized carbons (Fsp3) is 0. The van der Waals surface area contributed by atoms with E-state index in [1.165, 1.54) is 6.07 Å². The molecular weight excluding hydrogens is 380 g/mol. The Morgan fingerprint density at radius 3 is 1.93 bits per heavy atom. The highest BCUT2D eigenvalue weighted by molar-refractivity contribution is 6.12. The molecule has 0 atom stereocenters. The topological polar surface area (TPSA) is 103 Å². The second kappa shape index (κ2) is 8.32. The van der Waals surface area contributed by atoms with E-state index in [-0.39, 0.29) is 17.5 Å². The fourth-order valence-corrected chi connectivity index (χ4v) is 3.04. The second-order valence-corrected chi connectivity index (χ2v) is 6.57. The van der Waals surface area contributed by atoms with Crippen molar-refractivity contribution in [3.05, 3.63) is 101 Å². The standard InChI is InChI=1S/C23H18N4O3/c28-21-14-19(18-8-4-5-9-20(18)27-21)22(29)24-16-10-12-17(13-11-16)26-23(30)25-15-6-2-1-3-7-15/h1-14H,(H,24,29)(H,27,28)(H2,25,26,30). The Labute approximate surface area is 171 Å². The van der Waals surface area contributed by atoms with Crippen molar-refractivity contribution in [1.29, 1.82) is 0 Å². The number of hydrogen-bond acceptors (Lipinski definition) is 3. The second-order valence-electron chi connectivity index (χ2n) is 6.57. The zero-order valence-electron chi connectivity index (χ0n) is 15.8. The molecule has 4 N–H and O–H groups in total. The molecule has 148 valence electrons. The summed E-state index contributed by atoms with van der Waals surface area (Å²) in [4.78, 5) is 39.3. The van der Waals surface area contributed by atoms with Crippen molar-refractivity contribution in [2.24, 2.45) is 0 Å². The van der Waals surface area contributed by atoms with Gasteiger partial charge in [0, 0.05) is 34.0 Å². The van der Waals surface area contributed by atoms with E-state index in [1.54, 1.807) is 60.7 Å². The number of pyridine rings is 1. The first-order valence-electron chi connectivity index (χ1n) is 9.25. The molecular formula is C23H18N4O3. The third kappa shape index (κ3) is 4.36. The molecule has 3 amide bonds. The van der Waals surface area contributed by atoms with E-state index in [2.05, 4.69) is 20.9 Å². The lowest BCUT2D eigenvalue weighted by atomic mass is 10.1. The highest BCUT2D eigenvalue weighted by Gasteiger charge is 2.12. The van der Waals surface area contributed by atoms with Gasteiger partial charge in [0.2, 0.25) is 5.56 Å². The minimum Gasteiger partial charge on any atom is -0.322 e. The smallest absolute Gasteiger partial charge is 0.322 e. The Morgan fingerprint density at radius 2 is 1.23 bits per heavy atom. The average molecular weight is 398 g/mol. The predicted octanol–water partition coefficient (Wildman–Crippen LogP) is 4.42. The van der Waals surface area contributed by atoms with Crippen LogP contribution in [-0.4, -0.2) is 16.9 Å². The minimum atomic E-state index is -0.389. The predicted molar refractivity (Wildman–Crippen MR) is 118 cm³/mol. The summed E-state index contributed by atoms with van der Waals surface area (Å²) < 4.78 is 0. The van der Waals surface area contributed by atoms with Gasteiger partial charge in [-0.05, 0) is 42.5 Å². The van der Waals surface area contributed by atoms with Crippen molar-refractivity contribution in [3.63, 3.8) is 0 Å². The van der Waals surface area contributed by atoms with Crippen LogP contribution in [0.3, 0.4) is 0 Å². The largest absolute Gasteiger partial charge is 0.323 e. The molecule has 0 saturated heterocycles. The summed E-state index contributed by atoms with van der Waals surface area (Å²) in [6.07, 6.45) is 0. The lowest BCUT2D eigenvalue weighted by Crippen LogP contribution is -2.19. The number of urea groups is 1. The molecule has 0 unspecified atom stereocenters. The first-order chi connectivity index (χ1) is 14.6. The number of fused-ring (bicyclic) bond motifs is 1. The molecule has 0 saturated carbocycles. The number of carbonyl (C=O) groups excluding carboxylic acids is 2. The molecule has 1 aromatic heterocycles. The zero-order valence-corrected chi connectivity index (χ0v) is 15.8. The number of amides is 3. The van der Waals surface area contributed by atoms with Crippen LogP contribution in [0, 0.1) is 0 Å². The van der Waals surface area contributed by atoms with Crippen molar-refractivity contribution >= 4 is 39.9 Å². The summed E-state index contributed by atoms with van der Waals surface area (Å²) in [6, 6.07) is 23.8. The molecule has 0 bridgehead atoms. The van der Waals surface area contributed by atoms with Gasteiger partial charge in [-0.25, -0.2) is 4.79 Å². The van der Waals surface area contributed by atoms with E-state index >= 15 is 0 Å². The maximum Gasteiger partial charge on any atom is 0.323 e. The fourth-order valence-electron chi connectivity index (χ4n) is 3.04. The van der Waals surface area contributed by atoms with Gasteiger partial charge < -0.3 is 20.9 Å². The molecule has 4 aromatic rings. The Morgan fingerprint density at radius 1 is 0.667 bits per heavy atom. The SMILES string of the molecule is O=C(Nc1ccccc1)Nc1ccc(NC(=O)c2cc(=O)[nH]c3ccccc23)cc1. The Bertz CT molecular complexity index is 1270. The highest BCUT2D eigenvalue weighted by Crippen LogP contribution is 2.18. The first kappa shape index (κ1) is 18.9. The zero-order chi connectivity index (χ0) is 20.9. The van der Waals surface area contributed by atoms with Crippen LogP contribution in [0.2, 0.25) is 0 Å². The summed E-state index contributed by atoms with van der Waals surface area (Å²) in [5, 5.41) is 8.89. The third-order valence-corrected chi connectivity index (χ3v) is 4.43. The van der Waals surface area contributed by atoms with Gasteiger partial charge in [0.15, 0.2) is 0 Å². The maximum absolute atomic E-state index is 12.7. The summed E-state index contributed by atoms with van der Waals surface area (Å²) in [5.41, 5.74) is 2.34. The van der Waals surface area contributed by atoms with Gasteiger partial charge in [0.25, 0.3) is 5.91 Å². The molecule has 0 fully saturated rings. The third-order valence-electron chi connectivity index (χ3n) is 4.43. The number of hydrogen-bond donors (Lipinski definition) is 4. The van der Waals surface area contributed by atoms with Gasteiger partial charge in [-0.15, -0.1) is 0 Å². The van der Waals surface area contributed by atoms with Crippen LogP contribution in [-0.2, 0) is 0 Å². The number of benzene rings is 3. The summed E-state index contributed by atoms with van der Waals surface area (Å²) in [7, 11) is 0. The van der Waals surface area contributed by atoms with Crippen LogP contribution >= 0.6 is 0 Å². The number of nitrogens with one attached hydrogen (secondary N) is 4. The Hall–Kier alpha value is -4.39. The molecule has 0 aliphatic carbocycles. The van der Waals surface area contributed by atoms with Crippen molar-refractivity contribution in [3.8, 4) is 0 Å². The number of aromatic amines is 1. The average Bonchev–Trinajstić information content (AvgIpc) is 2.75. The van der Waals surface area contributed by atoms with E-state index in [9.17, 15) is 14.4 Å². The molecule has 0 aliphatic rings. The quantitative estimate of drug-likeness (QED) is 0.409.